The molecule has 3 aromatic rings. The lowest BCUT2D eigenvalue weighted by Crippen LogP contribution is -2.49. The van der Waals surface area contributed by atoms with Gasteiger partial charge in [-0.3, -0.25) is 19.7 Å². The van der Waals surface area contributed by atoms with Crippen molar-refractivity contribution in [3.05, 3.63) is 106 Å². The summed E-state index contributed by atoms with van der Waals surface area (Å²) in [5, 5.41) is 13.8. The number of amides is 2. The van der Waals surface area contributed by atoms with Crippen molar-refractivity contribution in [3.63, 3.8) is 0 Å². The van der Waals surface area contributed by atoms with E-state index in [1.165, 1.54) is 24.3 Å². The Hall–Kier alpha value is -4.99. The van der Waals surface area contributed by atoms with Crippen LogP contribution in [0.4, 0.5) is 17.1 Å². The van der Waals surface area contributed by atoms with Crippen LogP contribution in [-0.2, 0) is 9.53 Å². The highest BCUT2D eigenvalue weighted by Crippen LogP contribution is 2.29. The average Bonchev–Trinajstić information content (AvgIpc) is 2.96. The number of non-ortho nitro benzene ring substituents is 1. The van der Waals surface area contributed by atoms with E-state index >= 15 is 0 Å². The number of anilines is 2. The lowest BCUT2D eigenvalue weighted by atomic mass is 10.1. The Labute approximate surface area is 225 Å². The first-order chi connectivity index (χ1) is 18.9. The van der Waals surface area contributed by atoms with Crippen molar-refractivity contribution < 1.29 is 24.0 Å². The molecule has 0 radical (unpaired) electrons. The Balaban J connectivity index is 1.51. The van der Waals surface area contributed by atoms with E-state index in [1.54, 1.807) is 54.3 Å². The number of hydrogen-bond acceptors (Lipinski definition) is 7. The van der Waals surface area contributed by atoms with Crippen LogP contribution in [0.1, 0.15) is 33.2 Å². The summed E-state index contributed by atoms with van der Waals surface area (Å²) in [5.41, 5.74) is 2.46. The Bertz CT molecular complexity index is 1400. The summed E-state index contributed by atoms with van der Waals surface area (Å²) in [4.78, 5) is 52.4. The average molecular weight is 529 g/mol. The lowest BCUT2D eigenvalue weighted by Gasteiger charge is -2.37. The van der Waals surface area contributed by atoms with Crippen LogP contribution in [0.2, 0.25) is 0 Å². The number of esters is 1. The fraction of sp³-hybridized carbons (Fsp3) is 0.207. The molecule has 0 unspecified atom stereocenters. The molecule has 1 aliphatic rings. The maximum Gasteiger partial charge on any atom is 0.338 e. The van der Waals surface area contributed by atoms with Gasteiger partial charge in [-0.1, -0.05) is 30.3 Å². The Morgan fingerprint density at radius 2 is 1.69 bits per heavy atom. The lowest BCUT2D eigenvalue weighted by molar-refractivity contribution is -0.384. The van der Waals surface area contributed by atoms with E-state index in [4.69, 9.17) is 4.74 Å². The first-order valence-electron chi connectivity index (χ1n) is 12.5. The van der Waals surface area contributed by atoms with Crippen LogP contribution in [-0.4, -0.2) is 60.4 Å². The molecule has 0 spiro atoms. The number of benzene rings is 3. The van der Waals surface area contributed by atoms with Gasteiger partial charge in [0, 0.05) is 50.0 Å². The van der Waals surface area contributed by atoms with E-state index < -0.39 is 16.8 Å². The number of nitrogens with zero attached hydrogens (tertiary/aromatic N) is 3. The van der Waals surface area contributed by atoms with Gasteiger partial charge in [0.15, 0.2) is 0 Å². The molecule has 1 heterocycles. The van der Waals surface area contributed by atoms with Gasteiger partial charge in [-0.15, -0.1) is 0 Å². The van der Waals surface area contributed by atoms with E-state index in [-0.39, 0.29) is 23.8 Å². The predicted molar refractivity (Wildman–Crippen MR) is 148 cm³/mol. The van der Waals surface area contributed by atoms with Crippen LogP contribution in [0.25, 0.3) is 6.08 Å². The topological polar surface area (TPSA) is 122 Å². The number of nitrogens with one attached hydrogen (secondary N) is 1. The standard InChI is InChI=1S/C29H28N4O6/c1-2-39-29(36)23-12-13-26(31-15-17-32(18-16-31)28(35)22-8-4-3-5-9-22)25(20-23)30-27(34)14-11-21-7-6-10-24(19-21)33(37)38/h3-14,19-20H,2,15-18H2,1H3,(H,30,34). The highest BCUT2D eigenvalue weighted by atomic mass is 16.6. The number of carbonyl (C=O) groups excluding carboxylic acids is 3. The third-order valence-electron chi connectivity index (χ3n) is 6.20. The molecule has 0 bridgehead atoms. The number of piperazine rings is 1. The van der Waals surface area contributed by atoms with E-state index in [9.17, 15) is 24.5 Å². The van der Waals surface area contributed by atoms with Gasteiger partial charge in [0.2, 0.25) is 5.91 Å². The zero-order valence-corrected chi connectivity index (χ0v) is 21.4. The highest BCUT2D eigenvalue weighted by molar-refractivity contribution is 6.05. The summed E-state index contributed by atoms with van der Waals surface area (Å²) in [7, 11) is 0. The Morgan fingerprint density at radius 1 is 0.949 bits per heavy atom. The molecule has 3 aromatic carbocycles. The maximum absolute atomic E-state index is 12.8. The number of nitro benzene ring substituents is 1. The summed E-state index contributed by atoms with van der Waals surface area (Å²) < 4.78 is 5.11. The minimum absolute atomic E-state index is 0.0345. The van der Waals surface area contributed by atoms with Gasteiger partial charge in [0.25, 0.3) is 11.6 Å². The first kappa shape index (κ1) is 27.1. The van der Waals surface area contributed by atoms with Crippen LogP contribution in [0.5, 0.6) is 0 Å². The van der Waals surface area contributed by atoms with Gasteiger partial charge < -0.3 is 19.9 Å². The van der Waals surface area contributed by atoms with Crippen molar-refractivity contribution in [1.29, 1.82) is 0 Å². The van der Waals surface area contributed by atoms with Crippen molar-refractivity contribution in [2.45, 2.75) is 6.92 Å². The van der Waals surface area contributed by atoms with Crippen molar-refractivity contribution in [2.24, 2.45) is 0 Å². The van der Waals surface area contributed by atoms with Crippen LogP contribution in [0.15, 0.2) is 78.9 Å². The van der Waals surface area contributed by atoms with Gasteiger partial charge in [0.05, 0.1) is 28.5 Å². The molecule has 200 valence electrons. The molecule has 1 aliphatic heterocycles. The van der Waals surface area contributed by atoms with Gasteiger partial charge in [-0.25, -0.2) is 4.79 Å². The number of nitro groups is 1. The van der Waals surface area contributed by atoms with E-state index in [0.29, 0.717) is 48.7 Å². The third-order valence-corrected chi connectivity index (χ3v) is 6.20. The molecule has 0 atom stereocenters. The summed E-state index contributed by atoms with van der Waals surface area (Å²) in [5.74, 6) is -1.01. The summed E-state index contributed by atoms with van der Waals surface area (Å²) in [6.07, 6.45) is 2.75. The molecule has 4 rings (SSSR count). The molecular formula is C29H28N4O6. The van der Waals surface area contributed by atoms with Crippen LogP contribution >= 0.6 is 0 Å². The predicted octanol–water partition coefficient (Wildman–Crippen LogP) is 4.39. The van der Waals surface area contributed by atoms with Crippen LogP contribution < -0.4 is 10.2 Å². The fourth-order valence-electron chi connectivity index (χ4n) is 4.26. The normalized spacial score (nSPS) is 13.3. The SMILES string of the molecule is CCOC(=O)c1ccc(N2CCN(C(=O)c3ccccc3)CC2)c(NC(=O)C=Cc2cccc([N+](=O)[O-])c2)c1. The van der Waals surface area contributed by atoms with Gasteiger partial charge >= 0.3 is 5.97 Å². The Kier molecular flexibility index (Phi) is 8.67. The third kappa shape index (κ3) is 6.86. The van der Waals surface area contributed by atoms with Crippen molar-refractivity contribution in [1.82, 2.24) is 4.90 Å². The maximum atomic E-state index is 12.8. The monoisotopic (exact) mass is 528 g/mol. The molecule has 1 fully saturated rings. The summed E-state index contributed by atoms with van der Waals surface area (Å²) in [6, 6.07) is 20.0. The van der Waals surface area contributed by atoms with Crippen LogP contribution in [0.3, 0.4) is 0 Å². The molecule has 10 nitrogen and oxygen atoms in total. The van der Waals surface area contributed by atoms with Crippen molar-refractivity contribution >= 4 is 40.9 Å². The minimum Gasteiger partial charge on any atom is -0.462 e. The summed E-state index contributed by atoms with van der Waals surface area (Å²) >= 11 is 0. The number of hydrogen-bond donors (Lipinski definition) is 1. The van der Waals surface area contributed by atoms with Gasteiger partial charge in [-0.2, -0.15) is 0 Å². The highest BCUT2D eigenvalue weighted by Gasteiger charge is 2.24. The van der Waals surface area contributed by atoms with Gasteiger partial charge in [-0.05, 0) is 48.9 Å². The molecule has 2 amide bonds. The first-order valence-corrected chi connectivity index (χ1v) is 12.5. The fourth-order valence-corrected chi connectivity index (χ4v) is 4.26. The second kappa shape index (κ2) is 12.5. The number of rotatable bonds is 8. The molecule has 0 aliphatic carbocycles. The number of ether oxygens (including phenoxy) is 1. The molecule has 1 saturated heterocycles. The van der Waals surface area contributed by atoms with Crippen molar-refractivity contribution in [3.8, 4) is 0 Å². The van der Waals surface area contributed by atoms with Crippen molar-refractivity contribution in [2.75, 3.05) is 43.0 Å². The molecule has 0 aromatic heterocycles. The van der Waals surface area contributed by atoms with Gasteiger partial charge in [0.1, 0.15) is 0 Å². The molecule has 39 heavy (non-hydrogen) atoms. The van der Waals surface area contributed by atoms with E-state index in [2.05, 4.69) is 5.32 Å². The summed E-state index contributed by atoms with van der Waals surface area (Å²) in [6.45, 7) is 3.98. The Morgan fingerprint density at radius 3 is 2.38 bits per heavy atom. The van der Waals surface area contributed by atoms with E-state index in [1.807, 2.05) is 23.1 Å². The zero-order chi connectivity index (χ0) is 27.8. The largest absolute Gasteiger partial charge is 0.462 e. The quantitative estimate of drug-likeness (QED) is 0.199. The number of carbonyl (C=O) groups is 3. The molecule has 0 saturated carbocycles. The van der Waals surface area contributed by atoms with E-state index in [0.717, 1.165) is 0 Å². The molecule has 1 N–H and O–H groups in total. The smallest absolute Gasteiger partial charge is 0.338 e. The molecular weight excluding hydrogens is 500 g/mol. The second-order valence-corrected chi connectivity index (χ2v) is 8.77. The second-order valence-electron chi connectivity index (χ2n) is 8.77. The van der Waals surface area contributed by atoms with Crippen LogP contribution in [0, 0.1) is 10.1 Å². The minimum atomic E-state index is -0.509. The molecule has 10 heteroatoms. The zero-order valence-electron chi connectivity index (χ0n) is 21.4.